The molecule has 0 amide bonds. The molecule has 3 rings (SSSR count). The lowest BCUT2D eigenvalue weighted by atomic mass is 10.0. The average molecular weight is 236 g/mol. The highest BCUT2D eigenvalue weighted by molar-refractivity contribution is 5.07. The van der Waals surface area contributed by atoms with Crippen LogP contribution < -0.4 is 5.32 Å². The van der Waals surface area contributed by atoms with Gasteiger partial charge >= 0.3 is 0 Å². The second kappa shape index (κ2) is 4.38. The van der Waals surface area contributed by atoms with E-state index in [2.05, 4.69) is 33.9 Å². The summed E-state index contributed by atoms with van der Waals surface area (Å²) in [5.74, 6) is 2.67. The number of hydrogen-bond acceptors (Lipinski definition) is 4. The Bertz CT molecular complexity index is 403. The van der Waals surface area contributed by atoms with E-state index in [-0.39, 0.29) is 6.10 Å². The zero-order valence-corrected chi connectivity index (χ0v) is 10.5. The zero-order chi connectivity index (χ0) is 11.8. The number of hydrogen-bond donors (Lipinski definition) is 1. The summed E-state index contributed by atoms with van der Waals surface area (Å²) in [6.07, 6.45) is 2.33. The lowest BCUT2D eigenvalue weighted by Crippen LogP contribution is -2.34. The first-order valence-corrected chi connectivity index (χ1v) is 6.59. The maximum atomic E-state index is 5.80. The maximum Gasteiger partial charge on any atom is 0.162 e. The van der Waals surface area contributed by atoms with Crippen molar-refractivity contribution in [3.8, 4) is 0 Å². The van der Waals surface area contributed by atoms with E-state index >= 15 is 0 Å². The monoisotopic (exact) mass is 236 g/mol. The van der Waals surface area contributed by atoms with Gasteiger partial charge < -0.3 is 14.6 Å². The third kappa shape index (κ3) is 1.77. The largest absolute Gasteiger partial charge is 0.370 e. The Kier molecular flexibility index (Phi) is 2.88. The number of nitrogens with one attached hydrogen (secondary N) is 1. The SMILES string of the molecule is CCC1NCCn2c1nnc2C1OCCC1C. The molecule has 0 aliphatic carbocycles. The van der Waals surface area contributed by atoms with Gasteiger partial charge in [-0.15, -0.1) is 10.2 Å². The third-order valence-corrected chi connectivity index (χ3v) is 3.90. The summed E-state index contributed by atoms with van der Waals surface area (Å²) in [6, 6.07) is 0.349. The number of nitrogens with zero attached hydrogens (tertiary/aromatic N) is 3. The molecule has 3 atom stereocenters. The topological polar surface area (TPSA) is 52.0 Å². The van der Waals surface area contributed by atoms with Crippen molar-refractivity contribution in [1.29, 1.82) is 0 Å². The van der Waals surface area contributed by atoms with Crippen molar-refractivity contribution in [2.75, 3.05) is 13.2 Å². The van der Waals surface area contributed by atoms with Gasteiger partial charge in [-0.2, -0.15) is 0 Å². The molecular weight excluding hydrogens is 216 g/mol. The van der Waals surface area contributed by atoms with Gasteiger partial charge in [-0.25, -0.2) is 0 Å². The molecular formula is C12H20N4O. The first-order valence-electron chi connectivity index (χ1n) is 6.59. The van der Waals surface area contributed by atoms with Gasteiger partial charge in [-0.1, -0.05) is 13.8 Å². The summed E-state index contributed by atoms with van der Waals surface area (Å²) >= 11 is 0. The van der Waals surface area contributed by atoms with Crippen molar-refractivity contribution < 1.29 is 4.74 Å². The van der Waals surface area contributed by atoms with Crippen LogP contribution in [0.5, 0.6) is 0 Å². The molecule has 0 saturated carbocycles. The second-order valence-corrected chi connectivity index (χ2v) is 5.04. The van der Waals surface area contributed by atoms with E-state index in [0.717, 1.165) is 44.2 Å². The van der Waals surface area contributed by atoms with Crippen LogP contribution in [0.3, 0.4) is 0 Å². The van der Waals surface area contributed by atoms with Gasteiger partial charge in [0, 0.05) is 19.7 Å². The van der Waals surface area contributed by atoms with Gasteiger partial charge in [0.2, 0.25) is 0 Å². The molecule has 5 heteroatoms. The molecule has 2 aliphatic heterocycles. The van der Waals surface area contributed by atoms with Gasteiger partial charge in [0.1, 0.15) is 11.9 Å². The van der Waals surface area contributed by atoms with Crippen molar-refractivity contribution in [3.05, 3.63) is 11.6 Å². The minimum Gasteiger partial charge on any atom is -0.370 e. The third-order valence-electron chi connectivity index (χ3n) is 3.90. The summed E-state index contributed by atoms with van der Waals surface area (Å²) < 4.78 is 8.06. The van der Waals surface area contributed by atoms with Crippen LogP contribution in [0.15, 0.2) is 0 Å². The highest BCUT2D eigenvalue weighted by Gasteiger charge is 2.33. The maximum absolute atomic E-state index is 5.80. The fraction of sp³-hybridized carbons (Fsp3) is 0.833. The quantitative estimate of drug-likeness (QED) is 0.844. The molecule has 0 radical (unpaired) electrons. The molecule has 2 aliphatic rings. The smallest absolute Gasteiger partial charge is 0.162 e. The highest BCUT2D eigenvalue weighted by atomic mass is 16.5. The van der Waals surface area contributed by atoms with E-state index in [4.69, 9.17) is 4.74 Å². The summed E-state index contributed by atoms with van der Waals surface area (Å²) in [5.41, 5.74) is 0. The number of ether oxygens (including phenoxy) is 1. The lowest BCUT2D eigenvalue weighted by Gasteiger charge is -2.25. The van der Waals surface area contributed by atoms with Gasteiger partial charge in [-0.05, 0) is 18.8 Å². The summed E-state index contributed by atoms with van der Waals surface area (Å²) in [4.78, 5) is 0. The van der Waals surface area contributed by atoms with Crippen LogP contribution >= 0.6 is 0 Å². The lowest BCUT2D eigenvalue weighted by molar-refractivity contribution is 0.0831. The van der Waals surface area contributed by atoms with E-state index in [9.17, 15) is 0 Å². The van der Waals surface area contributed by atoms with Gasteiger partial charge in [-0.3, -0.25) is 0 Å². The summed E-state index contributed by atoms with van der Waals surface area (Å²) in [7, 11) is 0. The van der Waals surface area contributed by atoms with Gasteiger partial charge in [0.05, 0.1) is 6.04 Å². The minimum absolute atomic E-state index is 0.145. The fourth-order valence-corrected chi connectivity index (χ4v) is 2.82. The Hall–Kier alpha value is -0.940. The van der Waals surface area contributed by atoms with Gasteiger partial charge in [0.25, 0.3) is 0 Å². The average Bonchev–Trinajstić information content (AvgIpc) is 2.94. The number of aromatic nitrogens is 3. The first kappa shape index (κ1) is 11.2. The first-order chi connectivity index (χ1) is 8.31. The normalized spacial score (nSPS) is 32.7. The summed E-state index contributed by atoms with van der Waals surface area (Å²) in [5, 5.41) is 12.2. The van der Waals surface area contributed by atoms with E-state index in [1.54, 1.807) is 0 Å². The van der Waals surface area contributed by atoms with E-state index in [1.807, 2.05) is 0 Å². The Morgan fingerprint density at radius 1 is 1.41 bits per heavy atom. The Morgan fingerprint density at radius 3 is 2.94 bits per heavy atom. The molecule has 0 bridgehead atoms. The van der Waals surface area contributed by atoms with Crippen LogP contribution in [0.4, 0.5) is 0 Å². The minimum atomic E-state index is 0.145. The van der Waals surface area contributed by atoms with Crippen molar-refractivity contribution in [2.45, 2.75) is 45.4 Å². The standard InChI is InChI=1S/C12H20N4O/c1-3-9-11-14-15-12(16(11)6-5-13-9)10-8(2)4-7-17-10/h8-10,13H,3-7H2,1-2H3. The van der Waals surface area contributed by atoms with Crippen molar-refractivity contribution >= 4 is 0 Å². The van der Waals surface area contributed by atoms with E-state index in [1.165, 1.54) is 0 Å². The van der Waals surface area contributed by atoms with Gasteiger partial charge in [0.15, 0.2) is 5.82 Å². The predicted molar refractivity (Wildman–Crippen MR) is 63.5 cm³/mol. The van der Waals surface area contributed by atoms with Crippen LogP contribution in [0, 0.1) is 5.92 Å². The molecule has 1 aromatic heterocycles. The predicted octanol–water partition coefficient (Wildman–Crippen LogP) is 1.43. The fourth-order valence-electron chi connectivity index (χ4n) is 2.82. The van der Waals surface area contributed by atoms with Crippen molar-refractivity contribution in [2.24, 2.45) is 5.92 Å². The molecule has 3 unspecified atom stereocenters. The van der Waals surface area contributed by atoms with E-state index < -0.39 is 0 Å². The van der Waals surface area contributed by atoms with Crippen LogP contribution in [0.25, 0.3) is 0 Å². The molecule has 1 fully saturated rings. The molecule has 94 valence electrons. The zero-order valence-electron chi connectivity index (χ0n) is 10.5. The highest BCUT2D eigenvalue weighted by Crippen LogP contribution is 2.34. The second-order valence-electron chi connectivity index (χ2n) is 5.04. The van der Waals surface area contributed by atoms with Crippen LogP contribution in [-0.4, -0.2) is 27.9 Å². The van der Waals surface area contributed by atoms with Crippen LogP contribution in [-0.2, 0) is 11.3 Å². The Labute approximate surface area is 102 Å². The molecule has 0 aromatic carbocycles. The van der Waals surface area contributed by atoms with Crippen molar-refractivity contribution in [1.82, 2.24) is 20.1 Å². The molecule has 3 heterocycles. The number of fused-ring (bicyclic) bond motifs is 1. The molecule has 1 N–H and O–H groups in total. The molecule has 5 nitrogen and oxygen atoms in total. The van der Waals surface area contributed by atoms with Crippen LogP contribution in [0.2, 0.25) is 0 Å². The number of rotatable bonds is 2. The molecule has 0 spiro atoms. The van der Waals surface area contributed by atoms with E-state index in [0.29, 0.717) is 12.0 Å². The molecule has 1 aromatic rings. The van der Waals surface area contributed by atoms with Crippen LogP contribution in [0.1, 0.15) is 50.5 Å². The molecule has 17 heavy (non-hydrogen) atoms. The Morgan fingerprint density at radius 2 is 2.24 bits per heavy atom. The summed E-state index contributed by atoms with van der Waals surface area (Å²) in [6.45, 7) is 7.22. The molecule has 1 saturated heterocycles. The van der Waals surface area contributed by atoms with Crippen molar-refractivity contribution in [3.63, 3.8) is 0 Å². The Balaban J connectivity index is 1.94.